The van der Waals surface area contributed by atoms with Crippen LogP contribution in [0.15, 0.2) is 60.7 Å². The topological polar surface area (TPSA) is 55.6 Å². The van der Waals surface area contributed by atoms with Crippen molar-refractivity contribution >= 4 is 11.8 Å². The second-order valence-electron chi connectivity index (χ2n) is 9.99. The Morgan fingerprint density at radius 1 is 0.756 bits per heavy atom. The fourth-order valence-corrected chi connectivity index (χ4v) is 5.56. The highest BCUT2D eigenvalue weighted by molar-refractivity contribution is 5.75. The standard InChI is InChI=1S/C28H21F9N2O2/c29-26(30,31)16-7-8-20(14-3-1-4-19(38)11-14)21(13-16)22-5-2-6-23-24(41-25(40)39(22)23)15-9-17(27(32,33)34)12-18(10-15)28(35,36)37/h1,3-4,7-13,22-24H,2,5-6,38H2/t22-,23-,24+/m0/s1. The van der Waals surface area contributed by atoms with Crippen molar-refractivity contribution in [2.75, 3.05) is 5.73 Å². The van der Waals surface area contributed by atoms with Gasteiger partial charge in [-0.1, -0.05) is 18.2 Å². The van der Waals surface area contributed by atoms with Crippen molar-refractivity contribution < 1.29 is 49.0 Å². The molecule has 3 atom stereocenters. The highest BCUT2D eigenvalue weighted by Crippen LogP contribution is 2.49. The van der Waals surface area contributed by atoms with Crippen LogP contribution in [-0.4, -0.2) is 17.0 Å². The van der Waals surface area contributed by atoms with Gasteiger partial charge in [-0.2, -0.15) is 39.5 Å². The molecule has 41 heavy (non-hydrogen) atoms. The van der Waals surface area contributed by atoms with E-state index in [1.807, 2.05) is 0 Å². The molecule has 3 aromatic carbocycles. The number of rotatable bonds is 3. The smallest absolute Gasteiger partial charge is 0.416 e. The Morgan fingerprint density at radius 2 is 1.39 bits per heavy atom. The zero-order chi connectivity index (χ0) is 29.9. The van der Waals surface area contributed by atoms with Gasteiger partial charge in [-0.25, -0.2) is 4.79 Å². The molecule has 2 aliphatic rings. The summed E-state index contributed by atoms with van der Waals surface area (Å²) in [5, 5.41) is 0. The van der Waals surface area contributed by atoms with Gasteiger partial charge in [0.15, 0.2) is 0 Å². The minimum Gasteiger partial charge on any atom is -0.439 e. The second-order valence-corrected chi connectivity index (χ2v) is 9.99. The van der Waals surface area contributed by atoms with Crippen molar-refractivity contribution in [1.29, 1.82) is 0 Å². The second kappa shape index (κ2) is 9.88. The van der Waals surface area contributed by atoms with E-state index in [0.717, 1.165) is 17.0 Å². The Hall–Kier alpha value is -3.90. The molecule has 0 bridgehead atoms. The average molecular weight is 588 g/mol. The number of cyclic esters (lactones) is 1. The number of alkyl halides is 9. The third kappa shape index (κ3) is 5.53. The molecular weight excluding hydrogens is 567 g/mol. The van der Waals surface area contributed by atoms with Crippen molar-refractivity contribution in [3.63, 3.8) is 0 Å². The van der Waals surface area contributed by atoms with E-state index in [9.17, 15) is 44.3 Å². The monoisotopic (exact) mass is 588 g/mol. The summed E-state index contributed by atoms with van der Waals surface area (Å²) in [5.74, 6) is 0. The number of halogens is 9. The summed E-state index contributed by atoms with van der Waals surface area (Å²) in [4.78, 5) is 14.3. The number of amides is 1. The molecule has 13 heteroatoms. The number of hydrogen-bond acceptors (Lipinski definition) is 3. The van der Waals surface area contributed by atoms with Crippen LogP contribution in [0.25, 0.3) is 11.1 Å². The lowest BCUT2D eigenvalue weighted by Crippen LogP contribution is -2.41. The van der Waals surface area contributed by atoms with E-state index in [2.05, 4.69) is 0 Å². The van der Waals surface area contributed by atoms with Gasteiger partial charge in [0.25, 0.3) is 0 Å². The van der Waals surface area contributed by atoms with Crippen LogP contribution < -0.4 is 5.73 Å². The molecule has 0 spiro atoms. The lowest BCUT2D eigenvalue weighted by molar-refractivity contribution is -0.143. The zero-order valence-corrected chi connectivity index (χ0v) is 20.9. The zero-order valence-electron chi connectivity index (χ0n) is 20.9. The van der Waals surface area contributed by atoms with Crippen LogP contribution in [0.4, 0.5) is 50.0 Å². The number of carbonyl (C=O) groups is 1. The summed E-state index contributed by atoms with van der Waals surface area (Å²) in [6, 6.07) is 8.33. The van der Waals surface area contributed by atoms with Gasteiger partial charge in [0.2, 0.25) is 0 Å². The minimum absolute atomic E-state index is 0.0256. The number of piperidine rings is 1. The Labute approximate surface area is 227 Å². The fourth-order valence-electron chi connectivity index (χ4n) is 5.56. The highest BCUT2D eigenvalue weighted by atomic mass is 19.4. The van der Waals surface area contributed by atoms with Crippen molar-refractivity contribution in [2.45, 2.75) is 56.0 Å². The van der Waals surface area contributed by atoms with Gasteiger partial charge in [0.1, 0.15) is 6.10 Å². The number of benzene rings is 3. The SMILES string of the molecule is Nc1cccc(-c2ccc(C(F)(F)F)cc2[C@@H]2CCC[C@H]3[C@@H](c4cc(C(F)(F)F)cc(C(F)(F)F)c4)OC(=O)N23)c1. The van der Waals surface area contributed by atoms with E-state index < -0.39 is 65.1 Å². The summed E-state index contributed by atoms with van der Waals surface area (Å²) in [6.07, 6.45) is -16.9. The molecule has 0 aromatic heterocycles. The first-order valence-electron chi connectivity index (χ1n) is 12.4. The van der Waals surface area contributed by atoms with E-state index in [1.54, 1.807) is 24.3 Å². The van der Waals surface area contributed by atoms with Gasteiger partial charge >= 0.3 is 24.6 Å². The van der Waals surface area contributed by atoms with Crippen LogP contribution in [0.1, 0.15) is 59.2 Å². The predicted octanol–water partition coefficient (Wildman–Crippen LogP) is 8.78. The van der Waals surface area contributed by atoms with Crippen LogP contribution in [0, 0.1) is 0 Å². The third-order valence-corrected chi connectivity index (χ3v) is 7.33. The number of anilines is 1. The first kappa shape index (κ1) is 28.6. The van der Waals surface area contributed by atoms with Crippen molar-refractivity contribution in [3.05, 3.63) is 88.5 Å². The number of ether oxygens (including phenoxy) is 1. The van der Waals surface area contributed by atoms with Crippen molar-refractivity contribution in [3.8, 4) is 11.1 Å². The lowest BCUT2D eigenvalue weighted by atomic mass is 9.84. The Bertz CT molecular complexity index is 1450. The molecule has 2 fully saturated rings. The fraction of sp³-hybridized carbons (Fsp3) is 0.321. The van der Waals surface area contributed by atoms with Gasteiger partial charge in [0.05, 0.1) is 28.8 Å². The van der Waals surface area contributed by atoms with E-state index in [-0.39, 0.29) is 24.5 Å². The number of fused-ring (bicyclic) bond motifs is 1. The normalized spacial score (nSPS) is 21.5. The van der Waals surface area contributed by atoms with E-state index in [1.165, 1.54) is 6.07 Å². The molecule has 1 amide bonds. The van der Waals surface area contributed by atoms with Crippen LogP contribution in [0.2, 0.25) is 0 Å². The van der Waals surface area contributed by atoms with Crippen molar-refractivity contribution in [2.24, 2.45) is 0 Å². The molecule has 0 unspecified atom stereocenters. The number of nitrogen functional groups attached to an aromatic ring is 1. The van der Waals surface area contributed by atoms with Crippen LogP contribution in [0.5, 0.6) is 0 Å². The van der Waals surface area contributed by atoms with Crippen LogP contribution in [0.3, 0.4) is 0 Å². The first-order valence-corrected chi connectivity index (χ1v) is 12.4. The van der Waals surface area contributed by atoms with Gasteiger partial charge in [0, 0.05) is 5.69 Å². The quantitative estimate of drug-likeness (QED) is 0.246. The molecule has 0 saturated carbocycles. The van der Waals surface area contributed by atoms with Crippen molar-refractivity contribution in [1.82, 2.24) is 4.90 Å². The molecule has 0 aliphatic carbocycles. The van der Waals surface area contributed by atoms with Crippen LogP contribution in [-0.2, 0) is 23.3 Å². The average Bonchev–Trinajstić information content (AvgIpc) is 3.23. The molecule has 2 aliphatic heterocycles. The molecule has 2 heterocycles. The van der Waals surface area contributed by atoms with Crippen LogP contribution >= 0.6 is 0 Å². The summed E-state index contributed by atoms with van der Waals surface area (Å²) in [7, 11) is 0. The number of nitrogens with two attached hydrogens (primary N) is 1. The first-order chi connectivity index (χ1) is 19.0. The molecule has 4 nitrogen and oxygen atoms in total. The molecule has 2 saturated heterocycles. The Morgan fingerprint density at radius 3 is 1.98 bits per heavy atom. The van der Waals surface area contributed by atoms with E-state index in [0.29, 0.717) is 35.4 Å². The van der Waals surface area contributed by atoms with E-state index in [4.69, 9.17) is 10.5 Å². The largest absolute Gasteiger partial charge is 0.439 e. The molecule has 218 valence electrons. The third-order valence-electron chi connectivity index (χ3n) is 7.33. The Kier molecular flexibility index (Phi) is 6.90. The molecular formula is C28H21F9N2O2. The number of hydrogen-bond donors (Lipinski definition) is 1. The summed E-state index contributed by atoms with van der Waals surface area (Å²) in [6.45, 7) is 0. The number of carbonyl (C=O) groups excluding carboxylic acids is 1. The molecule has 2 N–H and O–H groups in total. The highest BCUT2D eigenvalue weighted by Gasteiger charge is 2.50. The minimum atomic E-state index is -5.11. The number of nitrogens with zero attached hydrogens (tertiary/aromatic N) is 1. The molecule has 3 aromatic rings. The molecule has 5 rings (SSSR count). The maximum atomic E-state index is 13.7. The predicted molar refractivity (Wildman–Crippen MR) is 129 cm³/mol. The maximum absolute atomic E-state index is 13.7. The summed E-state index contributed by atoms with van der Waals surface area (Å²) < 4.78 is 128. The maximum Gasteiger partial charge on any atom is 0.416 e. The Balaban J connectivity index is 1.61. The van der Waals surface area contributed by atoms with Gasteiger partial charge < -0.3 is 10.5 Å². The molecule has 0 radical (unpaired) electrons. The van der Waals surface area contributed by atoms with E-state index >= 15 is 0 Å². The lowest BCUT2D eigenvalue weighted by Gasteiger charge is -2.38. The summed E-state index contributed by atoms with van der Waals surface area (Å²) in [5.41, 5.74) is 2.50. The summed E-state index contributed by atoms with van der Waals surface area (Å²) >= 11 is 0. The van der Waals surface area contributed by atoms with Gasteiger partial charge in [-0.05, 0) is 84.0 Å². The van der Waals surface area contributed by atoms with Gasteiger partial charge in [-0.15, -0.1) is 0 Å². The van der Waals surface area contributed by atoms with Gasteiger partial charge in [-0.3, -0.25) is 4.90 Å².